The monoisotopic (exact) mass is 266 g/mol. The molecule has 3 fully saturated rings. The lowest BCUT2D eigenvalue weighted by atomic mass is 9.43. The van der Waals surface area contributed by atoms with E-state index in [1.54, 1.807) is 14.0 Å². The predicted octanol–water partition coefficient (Wildman–Crippen LogP) is 3.17. The molecule has 2 bridgehead atoms. The molecule has 0 spiro atoms. The minimum atomic E-state index is -0.341. The van der Waals surface area contributed by atoms with Crippen molar-refractivity contribution >= 4 is 5.78 Å². The second kappa shape index (κ2) is 5.17. The van der Waals surface area contributed by atoms with Gasteiger partial charge in [0.2, 0.25) is 0 Å². The molecule has 0 radical (unpaired) electrons. The fourth-order valence-corrected chi connectivity index (χ4v) is 4.81. The van der Waals surface area contributed by atoms with Crippen molar-refractivity contribution in [1.29, 1.82) is 0 Å². The van der Waals surface area contributed by atoms with Crippen LogP contribution in [-0.4, -0.2) is 25.8 Å². The van der Waals surface area contributed by atoms with Crippen LogP contribution in [0.2, 0.25) is 0 Å². The van der Waals surface area contributed by atoms with Crippen LogP contribution in [0.3, 0.4) is 0 Å². The number of carbonyl (C=O) groups excluding carboxylic acids is 1. The number of fused-ring (bicyclic) bond motifs is 1. The molecule has 3 nitrogen and oxygen atoms in total. The van der Waals surface area contributed by atoms with Gasteiger partial charge in [-0.3, -0.25) is 4.79 Å². The fourth-order valence-electron chi connectivity index (χ4n) is 4.81. The van der Waals surface area contributed by atoms with Gasteiger partial charge in [-0.1, -0.05) is 6.42 Å². The van der Waals surface area contributed by atoms with Gasteiger partial charge in [-0.25, -0.2) is 0 Å². The van der Waals surface area contributed by atoms with Crippen LogP contribution in [0.15, 0.2) is 0 Å². The second-order valence-electron chi connectivity index (χ2n) is 7.03. The van der Waals surface area contributed by atoms with Crippen molar-refractivity contribution in [2.75, 3.05) is 13.7 Å². The van der Waals surface area contributed by atoms with Gasteiger partial charge < -0.3 is 9.47 Å². The van der Waals surface area contributed by atoms with E-state index >= 15 is 0 Å². The molecule has 0 saturated heterocycles. The Hall–Kier alpha value is -0.410. The van der Waals surface area contributed by atoms with E-state index < -0.39 is 0 Å². The molecule has 0 heterocycles. The standard InChI is InChI=1S/C16H26O3/c1-11(17)7-15(18-2)19-10-16-6-5-12-3-4-13(9-16)14(16)8-12/h12-15H,3-10H2,1-2H3. The van der Waals surface area contributed by atoms with Gasteiger partial charge in [0.15, 0.2) is 6.29 Å². The maximum absolute atomic E-state index is 11.2. The summed E-state index contributed by atoms with van der Waals surface area (Å²) in [6.07, 6.45) is 8.43. The average molecular weight is 266 g/mol. The van der Waals surface area contributed by atoms with Crippen molar-refractivity contribution in [3.8, 4) is 0 Å². The summed E-state index contributed by atoms with van der Waals surface area (Å²) in [5.41, 5.74) is 0.426. The zero-order valence-electron chi connectivity index (χ0n) is 12.2. The van der Waals surface area contributed by atoms with Gasteiger partial charge in [0.05, 0.1) is 13.0 Å². The van der Waals surface area contributed by atoms with Crippen molar-refractivity contribution in [3.63, 3.8) is 0 Å². The zero-order valence-corrected chi connectivity index (χ0v) is 12.2. The maximum atomic E-state index is 11.2. The Bertz CT molecular complexity index is 350. The van der Waals surface area contributed by atoms with Crippen molar-refractivity contribution in [2.45, 2.75) is 58.2 Å². The van der Waals surface area contributed by atoms with Gasteiger partial charge in [0.1, 0.15) is 5.78 Å². The summed E-state index contributed by atoms with van der Waals surface area (Å²) < 4.78 is 11.2. The number of hydrogen-bond donors (Lipinski definition) is 0. The molecule has 3 heteroatoms. The Labute approximate surface area is 116 Å². The number of carbonyl (C=O) groups is 1. The first-order valence-corrected chi connectivity index (χ1v) is 7.77. The van der Waals surface area contributed by atoms with Gasteiger partial charge in [0.25, 0.3) is 0 Å². The smallest absolute Gasteiger partial charge is 0.164 e. The van der Waals surface area contributed by atoms with E-state index in [1.165, 1.54) is 38.5 Å². The molecule has 19 heavy (non-hydrogen) atoms. The van der Waals surface area contributed by atoms with Crippen LogP contribution in [0.25, 0.3) is 0 Å². The molecule has 0 aromatic rings. The van der Waals surface area contributed by atoms with E-state index in [9.17, 15) is 4.79 Å². The highest BCUT2D eigenvalue weighted by molar-refractivity contribution is 5.75. The second-order valence-corrected chi connectivity index (χ2v) is 7.03. The number of ether oxygens (including phenoxy) is 2. The summed E-state index contributed by atoms with van der Waals surface area (Å²) in [6.45, 7) is 2.39. The van der Waals surface area contributed by atoms with Crippen LogP contribution in [0.5, 0.6) is 0 Å². The number of Topliss-reactive ketones (excluding diaryl/α,β-unsaturated/α-hetero) is 1. The normalized spacial score (nSPS) is 41.5. The Kier molecular flexibility index (Phi) is 3.69. The summed E-state index contributed by atoms with van der Waals surface area (Å²) in [6, 6.07) is 0. The minimum absolute atomic E-state index is 0.136. The maximum Gasteiger partial charge on any atom is 0.164 e. The van der Waals surface area contributed by atoms with Crippen LogP contribution < -0.4 is 0 Å². The molecule has 0 aromatic heterocycles. The van der Waals surface area contributed by atoms with Crippen LogP contribution in [0.1, 0.15) is 51.9 Å². The highest BCUT2D eigenvalue weighted by Crippen LogP contribution is 2.64. The molecule has 5 unspecified atom stereocenters. The third kappa shape index (κ3) is 2.47. The predicted molar refractivity (Wildman–Crippen MR) is 72.7 cm³/mol. The Morgan fingerprint density at radius 1 is 1.37 bits per heavy atom. The zero-order chi connectivity index (χ0) is 13.5. The average Bonchev–Trinajstić information content (AvgIpc) is 2.35. The highest BCUT2D eigenvalue weighted by atomic mass is 16.7. The fraction of sp³-hybridized carbons (Fsp3) is 0.938. The number of rotatable bonds is 6. The van der Waals surface area contributed by atoms with Crippen LogP contribution in [-0.2, 0) is 14.3 Å². The van der Waals surface area contributed by atoms with E-state index in [0.29, 0.717) is 11.8 Å². The number of ketones is 1. The summed E-state index contributed by atoms with van der Waals surface area (Å²) in [5.74, 6) is 2.99. The molecule has 3 aliphatic carbocycles. The highest BCUT2D eigenvalue weighted by Gasteiger charge is 2.57. The summed E-state index contributed by atoms with van der Waals surface area (Å²) in [5, 5.41) is 0. The lowest BCUT2D eigenvalue weighted by Gasteiger charge is -2.62. The van der Waals surface area contributed by atoms with Crippen molar-refractivity contribution < 1.29 is 14.3 Å². The molecule has 5 atom stereocenters. The first-order chi connectivity index (χ1) is 9.13. The Morgan fingerprint density at radius 2 is 2.21 bits per heavy atom. The first-order valence-electron chi connectivity index (χ1n) is 7.77. The largest absolute Gasteiger partial charge is 0.355 e. The van der Waals surface area contributed by atoms with E-state index in [0.717, 1.165) is 24.4 Å². The van der Waals surface area contributed by atoms with Gasteiger partial charge >= 0.3 is 0 Å². The summed E-state index contributed by atoms with van der Waals surface area (Å²) in [4.78, 5) is 11.2. The lowest BCUT2D eigenvalue weighted by molar-refractivity contribution is -0.209. The molecule has 0 N–H and O–H groups in total. The van der Waals surface area contributed by atoms with E-state index in [-0.39, 0.29) is 12.1 Å². The topological polar surface area (TPSA) is 35.5 Å². The van der Waals surface area contributed by atoms with Crippen molar-refractivity contribution in [2.24, 2.45) is 23.2 Å². The molecule has 0 aliphatic heterocycles. The lowest BCUT2D eigenvalue weighted by Crippen LogP contribution is -2.56. The quantitative estimate of drug-likeness (QED) is 0.693. The van der Waals surface area contributed by atoms with Gasteiger partial charge in [0, 0.05) is 7.11 Å². The van der Waals surface area contributed by atoms with Crippen molar-refractivity contribution in [3.05, 3.63) is 0 Å². The van der Waals surface area contributed by atoms with Crippen LogP contribution in [0.4, 0.5) is 0 Å². The molecular weight excluding hydrogens is 240 g/mol. The van der Waals surface area contributed by atoms with Crippen LogP contribution >= 0.6 is 0 Å². The molecule has 3 saturated carbocycles. The minimum Gasteiger partial charge on any atom is -0.355 e. The molecule has 3 rings (SSSR count). The molecule has 0 amide bonds. The van der Waals surface area contributed by atoms with Gasteiger partial charge in [-0.15, -0.1) is 0 Å². The van der Waals surface area contributed by atoms with Crippen LogP contribution in [0, 0.1) is 23.2 Å². The van der Waals surface area contributed by atoms with Gasteiger partial charge in [-0.2, -0.15) is 0 Å². The summed E-state index contributed by atoms with van der Waals surface area (Å²) in [7, 11) is 1.63. The SMILES string of the molecule is COC(CC(C)=O)OCC12CCC3CCC(C1)C2C3. The first kappa shape index (κ1) is 13.6. The molecular formula is C16H26O3. The van der Waals surface area contributed by atoms with E-state index in [2.05, 4.69) is 0 Å². The Morgan fingerprint density at radius 3 is 2.95 bits per heavy atom. The van der Waals surface area contributed by atoms with E-state index in [4.69, 9.17) is 9.47 Å². The summed E-state index contributed by atoms with van der Waals surface area (Å²) >= 11 is 0. The third-order valence-electron chi connectivity index (χ3n) is 5.88. The molecule has 0 aromatic carbocycles. The Balaban J connectivity index is 1.56. The third-order valence-corrected chi connectivity index (χ3v) is 5.88. The molecule has 3 aliphatic rings. The molecule has 108 valence electrons. The number of methoxy groups -OCH3 is 1. The van der Waals surface area contributed by atoms with E-state index in [1.807, 2.05) is 0 Å². The van der Waals surface area contributed by atoms with Gasteiger partial charge in [-0.05, 0) is 62.2 Å². The number of hydrogen-bond acceptors (Lipinski definition) is 3. The van der Waals surface area contributed by atoms with Crippen molar-refractivity contribution in [1.82, 2.24) is 0 Å².